The number of anilines is 2. The van der Waals surface area contributed by atoms with Crippen molar-refractivity contribution in [3.05, 3.63) is 40.9 Å². The van der Waals surface area contributed by atoms with Crippen LogP contribution in [0.1, 0.15) is 69.4 Å². The van der Waals surface area contributed by atoms with Crippen LogP contribution in [0.2, 0.25) is 18.1 Å². The van der Waals surface area contributed by atoms with Gasteiger partial charge in [0.15, 0.2) is 31.9 Å². The lowest BCUT2D eigenvalue weighted by Crippen LogP contribution is -2.50. The maximum Gasteiger partial charge on any atom is 0.351 e. The molecule has 0 radical (unpaired) electrons. The number of hydrogen-bond donors (Lipinski definition) is 1. The maximum absolute atomic E-state index is 13.6. The van der Waals surface area contributed by atoms with Crippen molar-refractivity contribution in [3.8, 4) is 17.6 Å². The van der Waals surface area contributed by atoms with Crippen molar-refractivity contribution in [1.82, 2.24) is 14.2 Å². The zero-order chi connectivity index (χ0) is 32.4. The van der Waals surface area contributed by atoms with E-state index in [-0.39, 0.29) is 37.0 Å². The van der Waals surface area contributed by atoms with Crippen molar-refractivity contribution in [2.75, 3.05) is 11.9 Å². The summed E-state index contributed by atoms with van der Waals surface area (Å²) in [6.45, 7) is 19.0. The molecular formula is C30H46N5O6PSi. The third-order valence-corrected chi connectivity index (χ3v) is 14.6. The van der Waals surface area contributed by atoms with Crippen LogP contribution in [0.15, 0.2) is 35.3 Å². The average molecular weight is 633 g/mol. The number of ether oxygens (including phenoxy) is 2. The van der Waals surface area contributed by atoms with Gasteiger partial charge in [-0.2, -0.15) is 10.2 Å². The minimum atomic E-state index is -2.47. The Kier molecular flexibility index (Phi) is 9.93. The molecule has 1 N–H and O–H groups in total. The van der Waals surface area contributed by atoms with E-state index in [0.717, 1.165) is 0 Å². The van der Waals surface area contributed by atoms with Crippen LogP contribution >= 0.6 is 8.53 Å². The summed E-state index contributed by atoms with van der Waals surface area (Å²) in [4.78, 5) is 17.9. The number of nitrogens with one attached hydrogen (secondary N) is 1. The SMILES string of the molecule is [2H]C[C@H]1O[C@@H](n2cc3c(nc2=O)Nc2ccccc2O3)C(O[Si](C)(C)C(C)(C)C)[C@H]1OP(OCCC#N)N(C(C)C)C(C)C. The highest BCUT2D eigenvalue weighted by Crippen LogP contribution is 2.52. The lowest BCUT2D eigenvalue weighted by Gasteiger charge is -2.42. The fourth-order valence-corrected chi connectivity index (χ4v) is 7.86. The summed E-state index contributed by atoms with van der Waals surface area (Å²) < 4.78 is 44.5. The molecule has 2 aliphatic rings. The number of nitrogens with zero attached hydrogens (tertiary/aromatic N) is 4. The summed E-state index contributed by atoms with van der Waals surface area (Å²) in [5.74, 6) is 1.30. The molecule has 0 aliphatic carbocycles. The Hall–Kier alpha value is -2.36. The number of rotatable bonds is 11. The third kappa shape index (κ3) is 7.31. The Balaban J connectivity index is 1.77. The second-order valence-electron chi connectivity index (χ2n) is 12.9. The number of para-hydroxylation sites is 2. The van der Waals surface area contributed by atoms with E-state index in [4.69, 9.17) is 24.3 Å². The molecule has 4 rings (SSSR count). The lowest BCUT2D eigenvalue weighted by molar-refractivity contribution is -0.0313. The molecule has 0 amide bonds. The fraction of sp³-hybridized carbons (Fsp3) is 0.633. The van der Waals surface area contributed by atoms with E-state index >= 15 is 0 Å². The largest absolute Gasteiger partial charge is 0.450 e. The van der Waals surface area contributed by atoms with E-state index in [1.165, 1.54) is 4.57 Å². The normalized spacial score (nSPS) is 22.9. The van der Waals surface area contributed by atoms with Gasteiger partial charge in [-0.05, 0) is 64.9 Å². The predicted octanol–water partition coefficient (Wildman–Crippen LogP) is 7.06. The van der Waals surface area contributed by atoms with Crippen LogP contribution in [-0.2, 0) is 18.2 Å². The molecule has 13 heteroatoms. The van der Waals surface area contributed by atoms with Gasteiger partial charge >= 0.3 is 5.69 Å². The van der Waals surface area contributed by atoms with Crippen LogP contribution in [0, 0.1) is 11.3 Å². The Morgan fingerprint density at radius 3 is 2.53 bits per heavy atom. The lowest BCUT2D eigenvalue weighted by atomic mass is 10.1. The van der Waals surface area contributed by atoms with E-state index in [1.807, 2.05) is 24.3 Å². The first-order chi connectivity index (χ1) is 20.7. The van der Waals surface area contributed by atoms with Gasteiger partial charge in [-0.15, -0.1) is 0 Å². The number of fused-ring (bicyclic) bond motifs is 2. The summed E-state index contributed by atoms with van der Waals surface area (Å²) in [5, 5.41) is 12.2. The second-order valence-corrected chi connectivity index (χ2v) is 19.1. The monoisotopic (exact) mass is 632 g/mol. The number of benzene rings is 1. The molecular weight excluding hydrogens is 585 g/mol. The molecule has 1 aromatic heterocycles. The van der Waals surface area contributed by atoms with Gasteiger partial charge in [-0.3, -0.25) is 4.57 Å². The summed E-state index contributed by atoms with van der Waals surface area (Å²) >= 11 is 0. The predicted molar refractivity (Wildman–Crippen MR) is 170 cm³/mol. The molecule has 11 nitrogen and oxygen atoms in total. The molecule has 0 saturated carbocycles. The van der Waals surface area contributed by atoms with E-state index < -0.39 is 47.1 Å². The second kappa shape index (κ2) is 13.3. The first kappa shape index (κ1) is 32.0. The van der Waals surface area contributed by atoms with Gasteiger partial charge in [0.05, 0.1) is 37.1 Å². The van der Waals surface area contributed by atoms with E-state index in [2.05, 4.69) is 82.6 Å². The van der Waals surface area contributed by atoms with Crippen LogP contribution in [0.3, 0.4) is 0 Å². The van der Waals surface area contributed by atoms with Crippen molar-refractivity contribution < 1.29 is 24.3 Å². The standard InChI is InChI=1S/C30H46N5O6PSi/c1-19(2)35(20(3)4)42(37-17-13-16-31)40-25-21(5)38-28(26(25)41-43(9,10)30(6,7)8)34-18-24-27(33-29(34)36)32-22-14-11-12-15-23(22)39-24/h11-12,14-15,18-21,25-26,28H,13,17H2,1-10H3,(H,32,33,36)/t21-,25+,26?,28-,42?/m1/s1/i5D. The Morgan fingerprint density at radius 2 is 1.91 bits per heavy atom. The van der Waals surface area contributed by atoms with Crippen LogP contribution < -0.4 is 15.7 Å². The van der Waals surface area contributed by atoms with Crippen LogP contribution in [0.25, 0.3) is 0 Å². The average Bonchev–Trinajstić information content (AvgIpc) is 3.26. The zero-order valence-electron chi connectivity index (χ0n) is 27.7. The first-order valence-electron chi connectivity index (χ1n) is 15.4. The van der Waals surface area contributed by atoms with Crippen molar-refractivity contribution in [2.24, 2.45) is 0 Å². The Labute approximate surface area is 258 Å². The highest BCUT2D eigenvalue weighted by Gasteiger charge is 2.52. The topological polar surface area (TPSA) is 120 Å². The number of nitriles is 1. The maximum atomic E-state index is 13.6. The van der Waals surface area contributed by atoms with Crippen LogP contribution in [0.4, 0.5) is 11.5 Å². The summed E-state index contributed by atoms with van der Waals surface area (Å²) in [5.41, 5.74) is 0.171. The van der Waals surface area contributed by atoms with Gasteiger partial charge in [-0.1, -0.05) is 32.9 Å². The molecule has 2 unspecified atom stereocenters. The number of hydrogen-bond acceptors (Lipinski definition) is 10. The van der Waals surface area contributed by atoms with Crippen molar-refractivity contribution >= 4 is 28.3 Å². The molecule has 236 valence electrons. The summed E-state index contributed by atoms with van der Waals surface area (Å²) in [6, 6.07) is 9.71. The molecule has 1 fully saturated rings. The molecule has 1 aromatic carbocycles. The molecule has 3 heterocycles. The van der Waals surface area contributed by atoms with E-state index in [1.54, 1.807) is 6.20 Å². The van der Waals surface area contributed by atoms with Gasteiger partial charge in [0.1, 0.15) is 12.2 Å². The Morgan fingerprint density at radius 1 is 1.21 bits per heavy atom. The Bertz CT molecular complexity index is 1390. The zero-order valence-corrected chi connectivity index (χ0v) is 28.6. The van der Waals surface area contributed by atoms with E-state index in [9.17, 15) is 10.1 Å². The van der Waals surface area contributed by atoms with Crippen molar-refractivity contribution in [3.63, 3.8) is 0 Å². The highest BCUT2D eigenvalue weighted by atomic mass is 31.2. The minimum absolute atomic E-state index is 0.0792. The van der Waals surface area contributed by atoms with Gasteiger partial charge in [0.2, 0.25) is 0 Å². The van der Waals surface area contributed by atoms with Crippen LogP contribution in [0.5, 0.6) is 11.5 Å². The fourth-order valence-electron chi connectivity index (χ4n) is 4.80. The molecule has 2 aliphatic heterocycles. The summed E-state index contributed by atoms with van der Waals surface area (Å²) in [7, 11) is -4.14. The third-order valence-electron chi connectivity index (χ3n) is 7.95. The van der Waals surface area contributed by atoms with Gasteiger partial charge in [0, 0.05) is 13.5 Å². The molecule has 0 bridgehead atoms. The van der Waals surface area contributed by atoms with E-state index in [0.29, 0.717) is 23.0 Å². The molecule has 1 saturated heterocycles. The molecule has 0 spiro atoms. The molecule has 5 atom stereocenters. The number of aromatic nitrogens is 2. The highest BCUT2D eigenvalue weighted by molar-refractivity contribution is 7.44. The van der Waals surface area contributed by atoms with Gasteiger partial charge in [-0.25, -0.2) is 9.46 Å². The van der Waals surface area contributed by atoms with Gasteiger partial charge < -0.3 is 28.3 Å². The quantitative estimate of drug-likeness (QED) is 0.134. The van der Waals surface area contributed by atoms with Crippen molar-refractivity contribution in [1.29, 1.82) is 5.26 Å². The van der Waals surface area contributed by atoms with Crippen molar-refractivity contribution in [2.45, 2.75) is 117 Å². The molecule has 43 heavy (non-hydrogen) atoms. The minimum Gasteiger partial charge on any atom is -0.450 e. The van der Waals surface area contributed by atoms with Gasteiger partial charge in [0.25, 0.3) is 8.53 Å². The summed E-state index contributed by atoms with van der Waals surface area (Å²) in [6.07, 6.45) is -1.33. The first-order valence-corrected chi connectivity index (χ1v) is 18.8. The van der Waals surface area contributed by atoms with Crippen LogP contribution in [-0.4, -0.2) is 59.5 Å². The smallest absolute Gasteiger partial charge is 0.351 e. The molecule has 2 aromatic rings.